The van der Waals surface area contributed by atoms with Gasteiger partial charge in [-0.15, -0.1) is 0 Å². The number of hydrogen-bond acceptors (Lipinski definition) is 3. The Morgan fingerprint density at radius 2 is 2.09 bits per heavy atom. The highest BCUT2D eigenvalue weighted by Gasteiger charge is 2.16. The molecule has 120 valence electrons. The van der Waals surface area contributed by atoms with Crippen LogP contribution in [0.25, 0.3) is 0 Å². The van der Waals surface area contributed by atoms with Crippen LogP contribution in [-0.4, -0.2) is 25.2 Å². The standard InChI is InChI=1S/C18H18FNO3/c19-14-3-1-4-15(11-14)20-18(21)13-6-8-16(9-7-13)23-12-17-5-2-10-22-17/h1,3-4,6-9,11,17H,2,5,10,12H2,(H,20,21)/t17-/m1/s1. The molecule has 1 N–H and O–H groups in total. The molecule has 2 aromatic carbocycles. The van der Waals surface area contributed by atoms with Gasteiger partial charge in [-0.25, -0.2) is 4.39 Å². The second-order valence-corrected chi connectivity index (χ2v) is 5.43. The first-order valence-electron chi connectivity index (χ1n) is 7.62. The predicted octanol–water partition coefficient (Wildman–Crippen LogP) is 3.64. The summed E-state index contributed by atoms with van der Waals surface area (Å²) >= 11 is 0. The minimum atomic E-state index is -0.388. The number of benzene rings is 2. The molecule has 1 heterocycles. The molecular formula is C18H18FNO3. The predicted molar refractivity (Wildman–Crippen MR) is 85.3 cm³/mol. The van der Waals surface area contributed by atoms with Crippen LogP contribution in [0.15, 0.2) is 48.5 Å². The van der Waals surface area contributed by atoms with Crippen molar-refractivity contribution >= 4 is 11.6 Å². The Hall–Kier alpha value is -2.40. The summed E-state index contributed by atoms with van der Waals surface area (Å²) in [5, 5.41) is 2.66. The first kappa shape index (κ1) is 15.5. The molecule has 23 heavy (non-hydrogen) atoms. The molecule has 1 aliphatic rings. The summed E-state index contributed by atoms with van der Waals surface area (Å²) in [5.74, 6) is 0.0183. The molecule has 0 spiro atoms. The third-order valence-corrected chi connectivity index (χ3v) is 3.66. The summed E-state index contributed by atoms with van der Waals surface area (Å²) in [6.45, 7) is 1.32. The van der Waals surface area contributed by atoms with Gasteiger partial charge in [0, 0.05) is 17.9 Å². The van der Waals surface area contributed by atoms with E-state index in [0.717, 1.165) is 19.4 Å². The van der Waals surface area contributed by atoms with E-state index < -0.39 is 0 Å². The number of carbonyl (C=O) groups excluding carboxylic acids is 1. The number of carbonyl (C=O) groups is 1. The lowest BCUT2D eigenvalue weighted by molar-refractivity contribution is 0.0679. The van der Waals surface area contributed by atoms with Gasteiger partial charge in [-0.3, -0.25) is 4.79 Å². The molecule has 1 amide bonds. The van der Waals surface area contributed by atoms with Crippen LogP contribution in [0.4, 0.5) is 10.1 Å². The molecule has 0 radical (unpaired) electrons. The quantitative estimate of drug-likeness (QED) is 0.916. The third kappa shape index (κ3) is 4.29. The Labute approximate surface area is 134 Å². The number of amides is 1. The second-order valence-electron chi connectivity index (χ2n) is 5.43. The summed E-state index contributed by atoms with van der Waals surface area (Å²) < 4.78 is 24.3. The average Bonchev–Trinajstić information content (AvgIpc) is 3.07. The van der Waals surface area contributed by atoms with Gasteiger partial charge in [-0.05, 0) is 55.3 Å². The average molecular weight is 315 g/mol. The summed E-state index contributed by atoms with van der Waals surface area (Å²) in [6.07, 6.45) is 2.26. The molecule has 0 aliphatic carbocycles. The van der Waals surface area contributed by atoms with Gasteiger partial charge in [0.1, 0.15) is 18.2 Å². The molecule has 0 saturated carbocycles. The highest BCUT2D eigenvalue weighted by Crippen LogP contribution is 2.17. The highest BCUT2D eigenvalue weighted by atomic mass is 19.1. The van der Waals surface area contributed by atoms with E-state index in [1.165, 1.54) is 12.1 Å². The van der Waals surface area contributed by atoms with Gasteiger partial charge in [0.15, 0.2) is 0 Å². The van der Waals surface area contributed by atoms with Gasteiger partial charge in [0.25, 0.3) is 5.91 Å². The van der Waals surface area contributed by atoms with Crippen LogP contribution in [0.3, 0.4) is 0 Å². The van der Waals surface area contributed by atoms with E-state index in [2.05, 4.69) is 5.32 Å². The molecule has 1 saturated heterocycles. The SMILES string of the molecule is O=C(Nc1cccc(F)c1)c1ccc(OC[C@H]2CCCO2)cc1. The lowest BCUT2D eigenvalue weighted by atomic mass is 10.2. The zero-order valence-corrected chi connectivity index (χ0v) is 12.6. The van der Waals surface area contributed by atoms with E-state index in [1.54, 1.807) is 36.4 Å². The number of hydrogen-bond donors (Lipinski definition) is 1. The van der Waals surface area contributed by atoms with Gasteiger partial charge < -0.3 is 14.8 Å². The molecule has 4 nitrogen and oxygen atoms in total. The maximum absolute atomic E-state index is 13.1. The van der Waals surface area contributed by atoms with Crippen LogP contribution >= 0.6 is 0 Å². The maximum Gasteiger partial charge on any atom is 0.255 e. The lowest BCUT2D eigenvalue weighted by Crippen LogP contribution is -2.16. The van der Waals surface area contributed by atoms with E-state index in [1.807, 2.05) is 0 Å². The van der Waals surface area contributed by atoms with Gasteiger partial charge in [0.05, 0.1) is 6.10 Å². The van der Waals surface area contributed by atoms with Gasteiger partial charge in [-0.1, -0.05) is 6.07 Å². The highest BCUT2D eigenvalue weighted by molar-refractivity contribution is 6.04. The van der Waals surface area contributed by atoms with E-state index in [9.17, 15) is 9.18 Å². The summed E-state index contributed by atoms with van der Waals surface area (Å²) in [6, 6.07) is 12.6. The van der Waals surface area contributed by atoms with Crippen molar-refractivity contribution in [1.82, 2.24) is 0 Å². The Bertz CT molecular complexity index is 666. The molecular weight excluding hydrogens is 297 g/mol. The number of rotatable bonds is 5. The van der Waals surface area contributed by atoms with Gasteiger partial charge in [-0.2, -0.15) is 0 Å². The van der Waals surface area contributed by atoms with Crippen LogP contribution in [0.1, 0.15) is 23.2 Å². The van der Waals surface area contributed by atoms with Gasteiger partial charge >= 0.3 is 0 Å². The second kappa shape index (κ2) is 7.24. The summed E-state index contributed by atoms with van der Waals surface area (Å²) in [7, 11) is 0. The fourth-order valence-corrected chi connectivity index (χ4v) is 2.44. The molecule has 0 aromatic heterocycles. The number of halogens is 1. The van der Waals surface area contributed by atoms with Crippen molar-refractivity contribution < 1.29 is 18.7 Å². The topological polar surface area (TPSA) is 47.6 Å². The number of nitrogens with one attached hydrogen (secondary N) is 1. The van der Waals surface area contributed by atoms with Crippen LogP contribution < -0.4 is 10.1 Å². The third-order valence-electron chi connectivity index (χ3n) is 3.66. The minimum absolute atomic E-state index is 0.158. The Morgan fingerprint density at radius 3 is 2.78 bits per heavy atom. The fourth-order valence-electron chi connectivity index (χ4n) is 2.44. The number of anilines is 1. The molecule has 1 fully saturated rings. The molecule has 0 bridgehead atoms. The van der Waals surface area contributed by atoms with Crippen molar-refractivity contribution in [2.45, 2.75) is 18.9 Å². The van der Waals surface area contributed by atoms with Crippen molar-refractivity contribution in [3.05, 3.63) is 59.9 Å². The van der Waals surface area contributed by atoms with Crippen molar-refractivity contribution in [2.24, 2.45) is 0 Å². The molecule has 0 unspecified atom stereocenters. The normalized spacial score (nSPS) is 17.0. The van der Waals surface area contributed by atoms with Crippen molar-refractivity contribution in [1.29, 1.82) is 0 Å². The van der Waals surface area contributed by atoms with Crippen molar-refractivity contribution in [2.75, 3.05) is 18.5 Å². The summed E-state index contributed by atoms with van der Waals surface area (Å²) in [4.78, 5) is 12.1. The zero-order chi connectivity index (χ0) is 16.1. The first-order valence-corrected chi connectivity index (χ1v) is 7.62. The zero-order valence-electron chi connectivity index (χ0n) is 12.6. The Balaban J connectivity index is 1.56. The lowest BCUT2D eigenvalue weighted by Gasteiger charge is -2.11. The molecule has 1 aliphatic heterocycles. The largest absolute Gasteiger partial charge is 0.491 e. The first-order chi connectivity index (χ1) is 11.2. The van der Waals surface area contributed by atoms with Crippen LogP contribution in [0, 0.1) is 5.82 Å². The van der Waals surface area contributed by atoms with Crippen LogP contribution in [0.2, 0.25) is 0 Å². The maximum atomic E-state index is 13.1. The van der Waals surface area contributed by atoms with E-state index in [-0.39, 0.29) is 17.8 Å². The van der Waals surface area contributed by atoms with Gasteiger partial charge in [0.2, 0.25) is 0 Å². The molecule has 5 heteroatoms. The van der Waals surface area contributed by atoms with Crippen molar-refractivity contribution in [3.63, 3.8) is 0 Å². The van der Waals surface area contributed by atoms with Crippen LogP contribution in [-0.2, 0) is 4.74 Å². The van der Waals surface area contributed by atoms with E-state index in [4.69, 9.17) is 9.47 Å². The fraction of sp³-hybridized carbons (Fsp3) is 0.278. The molecule has 3 rings (SSSR count). The molecule has 1 atom stereocenters. The Morgan fingerprint density at radius 1 is 1.26 bits per heavy atom. The smallest absolute Gasteiger partial charge is 0.255 e. The molecule has 2 aromatic rings. The van der Waals surface area contributed by atoms with Crippen molar-refractivity contribution in [3.8, 4) is 5.75 Å². The number of ether oxygens (including phenoxy) is 2. The monoisotopic (exact) mass is 315 g/mol. The van der Waals surface area contributed by atoms with E-state index in [0.29, 0.717) is 23.6 Å². The van der Waals surface area contributed by atoms with E-state index >= 15 is 0 Å². The van der Waals surface area contributed by atoms with Crippen LogP contribution in [0.5, 0.6) is 5.75 Å². The minimum Gasteiger partial charge on any atom is -0.491 e. The summed E-state index contributed by atoms with van der Waals surface area (Å²) in [5.41, 5.74) is 0.910. The Kier molecular flexibility index (Phi) is 4.88.